The molecule has 1 atom stereocenters. The molecule has 0 aliphatic carbocycles. The van der Waals surface area contributed by atoms with Gasteiger partial charge in [-0.25, -0.2) is 9.97 Å². The molecule has 0 spiro atoms. The first-order chi connectivity index (χ1) is 12.7. The van der Waals surface area contributed by atoms with Crippen molar-refractivity contribution in [2.45, 2.75) is 26.2 Å². The Hall–Kier alpha value is -2.82. The smallest absolute Gasteiger partial charge is 0.256 e. The van der Waals surface area contributed by atoms with Crippen molar-refractivity contribution < 1.29 is 4.79 Å². The molecule has 4 rings (SSSR count). The molecule has 1 aliphatic heterocycles. The molecule has 3 heterocycles. The van der Waals surface area contributed by atoms with Crippen molar-refractivity contribution in [1.82, 2.24) is 19.9 Å². The minimum absolute atomic E-state index is 0.0393. The second-order valence-corrected chi connectivity index (χ2v) is 7.01. The van der Waals surface area contributed by atoms with E-state index in [1.165, 1.54) is 10.9 Å². The number of hydrogen-bond acceptors (Lipinski definition) is 4. The van der Waals surface area contributed by atoms with Gasteiger partial charge in [-0.15, -0.1) is 0 Å². The zero-order valence-corrected chi connectivity index (χ0v) is 14.9. The predicted molar refractivity (Wildman–Crippen MR) is 101 cm³/mol. The van der Waals surface area contributed by atoms with Gasteiger partial charge in [0.15, 0.2) is 0 Å². The molecule has 0 N–H and O–H groups in total. The van der Waals surface area contributed by atoms with Crippen molar-refractivity contribution in [2.75, 3.05) is 13.1 Å². The molecule has 2 aromatic heterocycles. The van der Waals surface area contributed by atoms with Gasteiger partial charge in [-0.2, -0.15) is 0 Å². The van der Waals surface area contributed by atoms with Crippen LogP contribution in [0.1, 0.15) is 34.6 Å². The standard InChI is InChI=1S/C21H22N4O/c1-15-23-12-19(13-24-15)21(26)25-9-3-4-17(14-25)10-16-6-7-20-18(11-16)5-2-8-22-20/h2,5-8,11-13,17H,3-4,9-10,14H2,1H3. The molecule has 3 aromatic rings. The third-order valence-electron chi connectivity index (χ3n) is 5.03. The number of piperidine rings is 1. The van der Waals surface area contributed by atoms with Crippen LogP contribution in [0.5, 0.6) is 0 Å². The number of amides is 1. The van der Waals surface area contributed by atoms with Gasteiger partial charge in [-0.05, 0) is 55.9 Å². The Bertz CT molecular complexity index is 923. The van der Waals surface area contributed by atoms with Crippen LogP contribution >= 0.6 is 0 Å². The molecule has 5 nitrogen and oxygen atoms in total. The van der Waals surface area contributed by atoms with Crippen LogP contribution in [-0.4, -0.2) is 38.8 Å². The van der Waals surface area contributed by atoms with Crippen LogP contribution in [0.4, 0.5) is 0 Å². The van der Waals surface area contributed by atoms with Gasteiger partial charge in [0.05, 0.1) is 11.1 Å². The summed E-state index contributed by atoms with van der Waals surface area (Å²) in [6.07, 6.45) is 8.26. The van der Waals surface area contributed by atoms with Crippen LogP contribution in [0.25, 0.3) is 10.9 Å². The SMILES string of the molecule is Cc1ncc(C(=O)N2CCCC(Cc3ccc4ncccc4c3)C2)cn1. The lowest BCUT2D eigenvalue weighted by molar-refractivity contribution is 0.0672. The van der Waals surface area contributed by atoms with Crippen LogP contribution in [0, 0.1) is 12.8 Å². The number of benzene rings is 1. The Balaban J connectivity index is 1.45. The van der Waals surface area contributed by atoms with E-state index in [1.807, 2.05) is 24.1 Å². The summed E-state index contributed by atoms with van der Waals surface area (Å²) in [4.78, 5) is 27.3. The van der Waals surface area contributed by atoms with E-state index in [0.29, 0.717) is 17.3 Å². The van der Waals surface area contributed by atoms with Gasteiger partial charge in [-0.1, -0.05) is 12.1 Å². The molecule has 1 unspecified atom stereocenters. The molecule has 1 amide bonds. The highest BCUT2D eigenvalue weighted by Gasteiger charge is 2.25. The van der Waals surface area contributed by atoms with Crippen LogP contribution in [0.2, 0.25) is 0 Å². The lowest BCUT2D eigenvalue weighted by Gasteiger charge is -2.33. The third kappa shape index (κ3) is 3.57. The fourth-order valence-corrected chi connectivity index (χ4v) is 3.69. The fourth-order valence-electron chi connectivity index (χ4n) is 3.69. The lowest BCUT2D eigenvalue weighted by atomic mass is 9.90. The average molecular weight is 346 g/mol. The number of hydrogen-bond donors (Lipinski definition) is 0. The summed E-state index contributed by atoms with van der Waals surface area (Å²) < 4.78 is 0. The molecule has 0 bridgehead atoms. The Kier molecular flexibility index (Phi) is 4.61. The van der Waals surface area contributed by atoms with Gasteiger partial charge in [0.2, 0.25) is 0 Å². The molecule has 132 valence electrons. The molecule has 0 radical (unpaired) electrons. The first kappa shape index (κ1) is 16.6. The molecule has 1 fully saturated rings. The van der Waals surface area contributed by atoms with Crippen LogP contribution < -0.4 is 0 Å². The van der Waals surface area contributed by atoms with E-state index in [0.717, 1.165) is 37.9 Å². The van der Waals surface area contributed by atoms with Gasteiger partial charge >= 0.3 is 0 Å². The minimum Gasteiger partial charge on any atom is -0.338 e. The van der Waals surface area contributed by atoms with Crippen LogP contribution in [0.3, 0.4) is 0 Å². The summed E-state index contributed by atoms with van der Waals surface area (Å²) in [5.74, 6) is 1.20. The second-order valence-electron chi connectivity index (χ2n) is 7.01. The Morgan fingerprint density at radius 1 is 1.19 bits per heavy atom. The van der Waals surface area contributed by atoms with Crippen LogP contribution in [-0.2, 0) is 6.42 Å². The van der Waals surface area contributed by atoms with Gasteiger partial charge in [0.25, 0.3) is 5.91 Å². The summed E-state index contributed by atoms with van der Waals surface area (Å²) in [5.41, 5.74) is 2.91. The van der Waals surface area contributed by atoms with Crippen molar-refractivity contribution in [3.63, 3.8) is 0 Å². The van der Waals surface area contributed by atoms with Crippen LogP contribution in [0.15, 0.2) is 48.9 Å². The van der Waals surface area contributed by atoms with E-state index in [9.17, 15) is 4.79 Å². The molecule has 0 saturated carbocycles. The maximum absolute atomic E-state index is 12.7. The van der Waals surface area contributed by atoms with E-state index in [-0.39, 0.29) is 5.91 Å². The number of carbonyl (C=O) groups excluding carboxylic acids is 1. The largest absolute Gasteiger partial charge is 0.338 e. The van der Waals surface area contributed by atoms with Gasteiger partial charge in [0.1, 0.15) is 5.82 Å². The number of rotatable bonds is 3. The van der Waals surface area contributed by atoms with E-state index in [4.69, 9.17) is 0 Å². The third-order valence-corrected chi connectivity index (χ3v) is 5.03. The Morgan fingerprint density at radius 2 is 2.04 bits per heavy atom. The van der Waals surface area contributed by atoms with E-state index < -0.39 is 0 Å². The first-order valence-corrected chi connectivity index (χ1v) is 9.10. The molecule has 5 heteroatoms. The van der Waals surface area contributed by atoms with Gasteiger partial charge in [-0.3, -0.25) is 9.78 Å². The zero-order chi connectivity index (χ0) is 17.9. The number of aryl methyl sites for hydroxylation is 1. The summed E-state index contributed by atoms with van der Waals surface area (Å²) in [7, 11) is 0. The summed E-state index contributed by atoms with van der Waals surface area (Å²) >= 11 is 0. The number of aromatic nitrogens is 3. The number of fused-ring (bicyclic) bond motifs is 1. The summed E-state index contributed by atoms with van der Waals surface area (Å²) in [6.45, 7) is 3.42. The maximum Gasteiger partial charge on any atom is 0.256 e. The van der Waals surface area contributed by atoms with Gasteiger partial charge < -0.3 is 4.90 Å². The number of carbonyl (C=O) groups is 1. The Labute approximate surface area is 153 Å². The average Bonchev–Trinajstić information content (AvgIpc) is 2.68. The summed E-state index contributed by atoms with van der Waals surface area (Å²) in [5, 5.41) is 1.17. The zero-order valence-electron chi connectivity index (χ0n) is 14.9. The highest BCUT2D eigenvalue weighted by molar-refractivity contribution is 5.93. The monoisotopic (exact) mass is 346 g/mol. The number of pyridine rings is 1. The predicted octanol–water partition coefficient (Wildman–Crippen LogP) is 3.43. The van der Waals surface area contributed by atoms with E-state index in [1.54, 1.807) is 12.4 Å². The van der Waals surface area contributed by atoms with Crippen molar-refractivity contribution in [3.05, 3.63) is 65.9 Å². The van der Waals surface area contributed by atoms with Gasteiger partial charge in [0, 0.05) is 37.1 Å². The van der Waals surface area contributed by atoms with Crippen molar-refractivity contribution in [3.8, 4) is 0 Å². The number of nitrogens with zero attached hydrogens (tertiary/aromatic N) is 4. The normalized spacial score (nSPS) is 17.4. The van der Waals surface area contributed by atoms with Crippen molar-refractivity contribution in [1.29, 1.82) is 0 Å². The maximum atomic E-state index is 12.7. The minimum atomic E-state index is 0.0393. The molecule has 26 heavy (non-hydrogen) atoms. The highest BCUT2D eigenvalue weighted by Crippen LogP contribution is 2.23. The Morgan fingerprint density at radius 3 is 2.88 bits per heavy atom. The quantitative estimate of drug-likeness (QED) is 0.729. The van der Waals surface area contributed by atoms with Crippen molar-refractivity contribution in [2.24, 2.45) is 5.92 Å². The highest BCUT2D eigenvalue weighted by atomic mass is 16.2. The molecule has 1 aliphatic rings. The molecule has 1 aromatic carbocycles. The van der Waals surface area contributed by atoms with E-state index >= 15 is 0 Å². The first-order valence-electron chi connectivity index (χ1n) is 9.10. The second kappa shape index (κ2) is 7.20. The molecule has 1 saturated heterocycles. The van der Waals surface area contributed by atoms with E-state index in [2.05, 4.69) is 39.2 Å². The molecular weight excluding hydrogens is 324 g/mol. The fraction of sp³-hybridized carbons (Fsp3) is 0.333. The lowest BCUT2D eigenvalue weighted by Crippen LogP contribution is -2.40. The van der Waals surface area contributed by atoms with Crippen molar-refractivity contribution >= 4 is 16.8 Å². The topological polar surface area (TPSA) is 59.0 Å². The number of likely N-dealkylation sites (tertiary alicyclic amines) is 1. The molecular formula is C21H22N4O. The summed E-state index contributed by atoms with van der Waals surface area (Å²) in [6, 6.07) is 10.5.